The molecule has 0 aromatic carbocycles. The molecule has 0 saturated carbocycles. The summed E-state index contributed by atoms with van der Waals surface area (Å²) in [7, 11) is 0. The number of pyridine rings is 1. The van der Waals surface area contributed by atoms with Crippen LogP contribution in [0.1, 0.15) is 12.0 Å². The van der Waals surface area contributed by atoms with Crippen LogP contribution < -0.4 is 0 Å². The summed E-state index contributed by atoms with van der Waals surface area (Å²) in [5.41, 5.74) is 1.22. The zero-order valence-corrected chi connectivity index (χ0v) is 10.0. The summed E-state index contributed by atoms with van der Waals surface area (Å²) in [6.07, 6.45) is 2.68. The highest BCUT2D eigenvalue weighted by Crippen LogP contribution is 2.13. The Bertz CT molecular complexity index is 301. The van der Waals surface area contributed by atoms with Crippen LogP contribution in [0.3, 0.4) is 0 Å². The Morgan fingerprint density at radius 1 is 1.57 bits per heavy atom. The number of aliphatic hydroxyl groups is 1. The number of likely N-dealkylation sites (tertiary alicyclic amines) is 1. The summed E-state index contributed by atoms with van der Waals surface area (Å²) in [6.45, 7) is 2.69. The minimum Gasteiger partial charge on any atom is -0.392 e. The van der Waals surface area contributed by atoms with Crippen molar-refractivity contribution in [2.75, 3.05) is 13.1 Å². The molecule has 76 valence electrons. The second kappa shape index (κ2) is 4.55. The molecule has 14 heavy (non-hydrogen) atoms. The van der Waals surface area contributed by atoms with Crippen molar-refractivity contribution in [3.63, 3.8) is 0 Å². The van der Waals surface area contributed by atoms with Crippen LogP contribution in [0.25, 0.3) is 0 Å². The molecular formula is C10H13IN2O. The van der Waals surface area contributed by atoms with Gasteiger partial charge in [0.15, 0.2) is 0 Å². The molecule has 1 fully saturated rings. The van der Waals surface area contributed by atoms with Gasteiger partial charge in [0.25, 0.3) is 0 Å². The minimum absolute atomic E-state index is 0.133. The Labute approximate surface area is 97.3 Å². The Balaban J connectivity index is 1.94. The van der Waals surface area contributed by atoms with Gasteiger partial charge in [-0.15, -0.1) is 0 Å². The van der Waals surface area contributed by atoms with E-state index in [9.17, 15) is 5.11 Å². The number of aliphatic hydroxyl groups excluding tert-OH is 1. The first-order valence-corrected chi connectivity index (χ1v) is 5.83. The van der Waals surface area contributed by atoms with Gasteiger partial charge in [-0.3, -0.25) is 9.88 Å². The molecular weight excluding hydrogens is 291 g/mol. The van der Waals surface area contributed by atoms with E-state index in [1.54, 1.807) is 0 Å². The highest BCUT2D eigenvalue weighted by Gasteiger charge is 2.19. The van der Waals surface area contributed by atoms with Gasteiger partial charge >= 0.3 is 0 Å². The molecule has 2 rings (SSSR count). The monoisotopic (exact) mass is 304 g/mol. The second-order valence-electron chi connectivity index (χ2n) is 3.67. The molecule has 2 heterocycles. The molecule has 0 spiro atoms. The lowest BCUT2D eigenvalue weighted by Gasteiger charge is -2.14. The highest BCUT2D eigenvalue weighted by atomic mass is 127. The Morgan fingerprint density at radius 2 is 2.43 bits per heavy atom. The predicted molar refractivity (Wildman–Crippen MR) is 62.9 cm³/mol. The maximum Gasteiger partial charge on any atom is 0.101 e. The van der Waals surface area contributed by atoms with Gasteiger partial charge in [-0.2, -0.15) is 0 Å². The quantitative estimate of drug-likeness (QED) is 0.660. The molecule has 3 nitrogen and oxygen atoms in total. The molecule has 1 aliphatic rings. The van der Waals surface area contributed by atoms with Crippen molar-refractivity contribution in [3.05, 3.63) is 27.6 Å². The van der Waals surface area contributed by atoms with Crippen molar-refractivity contribution >= 4 is 22.6 Å². The van der Waals surface area contributed by atoms with Crippen molar-refractivity contribution < 1.29 is 5.11 Å². The van der Waals surface area contributed by atoms with Gasteiger partial charge in [0.05, 0.1) is 6.10 Å². The van der Waals surface area contributed by atoms with Gasteiger partial charge in [0.2, 0.25) is 0 Å². The van der Waals surface area contributed by atoms with Crippen LogP contribution in [0, 0.1) is 3.70 Å². The Kier molecular flexibility index (Phi) is 3.35. The normalized spacial score (nSPS) is 22.9. The van der Waals surface area contributed by atoms with Crippen molar-refractivity contribution in [1.29, 1.82) is 0 Å². The molecule has 0 bridgehead atoms. The maximum absolute atomic E-state index is 9.36. The van der Waals surface area contributed by atoms with E-state index in [0.717, 1.165) is 29.8 Å². The zero-order chi connectivity index (χ0) is 9.97. The Hall–Kier alpha value is -0.200. The number of hydrogen-bond donors (Lipinski definition) is 1. The van der Waals surface area contributed by atoms with E-state index in [0.29, 0.717) is 0 Å². The average Bonchev–Trinajstić information content (AvgIpc) is 2.56. The SMILES string of the molecule is O[C@@H]1CCN(Cc2ccc(I)nc2)C1. The molecule has 0 unspecified atom stereocenters. The fourth-order valence-corrected chi connectivity index (χ4v) is 2.03. The molecule has 1 atom stereocenters. The largest absolute Gasteiger partial charge is 0.392 e. The van der Waals surface area contributed by atoms with Crippen molar-refractivity contribution in [3.8, 4) is 0 Å². The lowest BCUT2D eigenvalue weighted by molar-refractivity contribution is 0.174. The first-order chi connectivity index (χ1) is 6.74. The molecule has 1 saturated heterocycles. The summed E-state index contributed by atoms with van der Waals surface area (Å²) in [5, 5.41) is 9.36. The van der Waals surface area contributed by atoms with E-state index in [2.05, 4.69) is 38.5 Å². The summed E-state index contributed by atoms with van der Waals surface area (Å²) in [6, 6.07) is 4.11. The number of β-amino-alcohol motifs (C(OH)–C–C–N with tert-alkyl or cyclic N) is 1. The lowest BCUT2D eigenvalue weighted by atomic mass is 10.3. The van der Waals surface area contributed by atoms with Crippen LogP contribution in [0.4, 0.5) is 0 Å². The fourth-order valence-electron chi connectivity index (χ4n) is 1.71. The molecule has 0 amide bonds. The van der Waals surface area contributed by atoms with Crippen LogP contribution >= 0.6 is 22.6 Å². The maximum atomic E-state index is 9.36. The van der Waals surface area contributed by atoms with Crippen molar-refractivity contribution in [2.45, 2.75) is 19.1 Å². The van der Waals surface area contributed by atoms with Crippen LogP contribution in [0.15, 0.2) is 18.3 Å². The first-order valence-electron chi connectivity index (χ1n) is 4.75. The van der Waals surface area contributed by atoms with Crippen molar-refractivity contribution in [1.82, 2.24) is 9.88 Å². The summed E-state index contributed by atoms with van der Waals surface area (Å²) >= 11 is 2.20. The third-order valence-corrected chi connectivity index (χ3v) is 3.08. The summed E-state index contributed by atoms with van der Waals surface area (Å²) in [4.78, 5) is 6.50. The minimum atomic E-state index is -0.133. The topological polar surface area (TPSA) is 36.4 Å². The lowest BCUT2D eigenvalue weighted by Crippen LogP contribution is -2.21. The summed E-state index contributed by atoms with van der Waals surface area (Å²) in [5.74, 6) is 0. The van der Waals surface area contributed by atoms with Gasteiger partial charge in [-0.1, -0.05) is 6.07 Å². The van der Waals surface area contributed by atoms with E-state index >= 15 is 0 Å². The molecule has 1 aromatic heterocycles. The Morgan fingerprint density at radius 3 is 3.00 bits per heavy atom. The number of rotatable bonds is 2. The third kappa shape index (κ3) is 2.65. The van der Waals surface area contributed by atoms with E-state index < -0.39 is 0 Å². The van der Waals surface area contributed by atoms with Crippen molar-refractivity contribution in [2.24, 2.45) is 0 Å². The molecule has 1 aliphatic heterocycles. The average molecular weight is 304 g/mol. The molecule has 0 aliphatic carbocycles. The number of nitrogens with zero attached hydrogens (tertiary/aromatic N) is 2. The van der Waals surface area contributed by atoms with Gasteiger partial charge in [0, 0.05) is 25.8 Å². The zero-order valence-electron chi connectivity index (χ0n) is 7.86. The van der Waals surface area contributed by atoms with Gasteiger partial charge in [0.1, 0.15) is 3.70 Å². The van der Waals surface area contributed by atoms with E-state index in [-0.39, 0.29) is 6.10 Å². The van der Waals surface area contributed by atoms with E-state index in [1.165, 1.54) is 5.56 Å². The van der Waals surface area contributed by atoms with Crippen LogP contribution in [-0.4, -0.2) is 34.2 Å². The molecule has 1 N–H and O–H groups in total. The molecule has 4 heteroatoms. The van der Waals surface area contributed by atoms with Crippen LogP contribution in [0.5, 0.6) is 0 Å². The smallest absolute Gasteiger partial charge is 0.101 e. The van der Waals surface area contributed by atoms with Gasteiger partial charge in [-0.25, -0.2) is 0 Å². The van der Waals surface area contributed by atoms with Gasteiger partial charge in [-0.05, 0) is 40.6 Å². The third-order valence-electron chi connectivity index (χ3n) is 2.44. The van der Waals surface area contributed by atoms with Gasteiger partial charge < -0.3 is 5.11 Å². The molecule has 0 radical (unpaired) electrons. The van der Waals surface area contributed by atoms with E-state index in [4.69, 9.17) is 0 Å². The summed E-state index contributed by atoms with van der Waals surface area (Å²) < 4.78 is 1.02. The predicted octanol–water partition coefficient (Wildman–Crippen LogP) is 1.25. The van der Waals surface area contributed by atoms with E-state index in [1.807, 2.05) is 12.3 Å². The fraction of sp³-hybridized carbons (Fsp3) is 0.500. The first kappa shape index (κ1) is 10.3. The molecule has 1 aromatic rings. The highest BCUT2D eigenvalue weighted by molar-refractivity contribution is 14.1. The number of halogens is 1. The van der Waals surface area contributed by atoms with Crippen LogP contribution in [0.2, 0.25) is 0 Å². The number of hydrogen-bond acceptors (Lipinski definition) is 3. The van der Waals surface area contributed by atoms with Crippen LogP contribution in [-0.2, 0) is 6.54 Å². The standard InChI is InChI=1S/C10H13IN2O/c11-10-2-1-8(5-12-10)6-13-4-3-9(14)7-13/h1-2,5,9,14H,3-4,6-7H2/t9-/m1/s1. The second-order valence-corrected chi connectivity index (χ2v) is 4.77. The number of aromatic nitrogens is 1.